The van der Waals surface area contributed by atoms with Gasteiger partial charge in [0, 0.05) is 24.2 Å². The van der Waals surface area contributed by atoms with Crippen molar-refractivity contribution in [2.75, 3.05) is 19.0 Å². The molecule has 1 aliphatic rings. The third kappa shape index (κ3) is 5.32. The van der Waals surface area contributed by atoms with Crippen LogP contribution in [-0.4, -0.2) is 36.2 Å². The molecule has 1 fully saturated rings. The second-order valence-corrected chi connectivity index (χ2v) is 7.93. The van der Waals surface area contributed by atoms with Crippen LogP contribution in [0.15, 0.2) is 48.5 Å². The van der Waals surface area contributed by atoms with Crippen LogP contribution in [-0.2, 0) is 9.59 Å². The molecule has 31 heavy (non-hydrogen) atoms. The van der Waals surface area contributed by atoms with E-state index >= 15 is 0 Å². The van der Waals surface area contributed by atoms with Gasteiger partial charge in [0.05, 0.1) is 19.1 Å². The van der Waals surface area contributed by atoms with E-state index in [0.29, 0.717) is 30.6 Å². The Kier molecular flexibility index (Phi) is 7.45. The number of hydrogen-bond acceptors (Lipinski definition) is 4. The molecule has 2 amide bonds. The van der Waals surface area contributed by atoms with Crippen LogP contribution in [0.4, 0.5) is 5.69 Å². The minimum Gasteiger partial charge on any atom is -0.497 e. The van der Waals surface area contributed by atoms with Crippen molar-refractivity contribution in [1.82, 2.24) is 4.90 Å². The zero-order chi connectivity index (χ0) is 22.4. The lowest BCUT2D eigenvalue weighted by atomic mass is 9.83. The van der Waals surface area contributed by atoms with Crippen LogP contribution in [0, 0.1) is 5.92 Å². The lowest BCUT2D eigenvalue weighted by molar-refractivity contribution is -0.142. The molecule has 6 nitrogen and oxygen atoms in total. The third-order valence-electron chi connectivity index (χ3n) is 5.81. The van der Waals surface area contributed by atoms with Crippen LogP contribution in [0.25, 0.3) is 0 Å². The van der Waals surface area contributed by atoms with Crippen molar-refractivity contribution in [2.45, 2.75) is 45.6 Å². The number of carbonyl (C=O) groups excluding carboxylic acids is 3. The summed E-state index contributed by atoms with van der Waals surface area (Å²) in [5, 5.41) is 2.98. The zero-order valence-electron chi connectivity index (χ0n) is 18.4. The van der Waals surface area contributed by atoms with Gasteiger partial charge in [0.2, 0.25) is 11.8 Å². The normalized spacial score (nSPS) is 18.5. The molecule has 0 aliphatic carbocycles. The predicted molar refractivity (Wildman–Crippen MR) is 120 cm³/mol. The summed E-state index contributed by atoms with van der Waals surface area (Å²) in [4.78, 5) is 39.4. The maximum absolute atomic E-state index is 13.3. The summed E-state index contributed by atoms with van der Waals surface area (Å²) in [5.74, 6) is 0.317. The number of anilines is 1. The lowest BCUT2D eigenvalue weighted by Gasteiger charge is -2.41. The minimum atomic E-state index is -0.365. The van der Waals surface area contributed by atoms with Crippen molar-refractivity contribution >= 4 is 23.3 Å². The number of ketones is 1. The average molecular weight is 423 g/mol. The number of piperidine rings is 1. The van der Waals surface area contributed by atoms with Crippen LogP contribution in [0.3, 0.4) is 0 Å². The second-order valence-electron chi connectivity index (χ2n) is 7.93. The van der Waals surface area contributed by atoms with E-state index < -0.39 is 0 Å². The summed E-state index contributed by atoms with van der Waals surface area (Å²) in [6.45, 7) is 4.23. The van der Waals surface area contributed by atoms with Crippen molar-refractivity contribution in [2.24, 2.45) is 5.92 Å². The fourth-order valence-electron chi connectivity index (χ4n) is 4.06. The van der Waals surface area contributed by atoms with Gasteiger partial charge in [-0.25, -0.2) is 0 Å². The fraction of sp³-hybridized carbons (Fsp3) is 0.400. The standard InChI is InChI=1S/C25H30N2O4/c1-4-5-16-27-23(29)15-14-22(24(27)19-8-12-21(31-3)13-9-19)25(30)26-20-10-6-18(7-11-20)17(2)28/h6-13,22,24H,4-5,14-16H2,1-3H3,(H,26,30)/t22-,24+/m0/s1. The molecule has 2 aromatic carbocycles. The molecule has 1 aliphatic heterocycles. The fourth-order valence-corrected chi connectivity index (χ4v) is 4.06. The monoisotopic (exact) mass is 422 g/mol. The van der Waals surface area contributed by atoms with Crippen LogP contribution in [0.2, 0.25) is 0 Å². The Labute approximate surface area is 183 Å². The molecule has 0 radical (unpaired) electrons. The van der Waals surface area contributed by atoms with E-state index in [1.54, 1.807) is 31.4 Å². The summed E-state index contributed by atoms with van der Waals surface area (Å²) in [5.41, 5.74) is 2.17. The van der Waals surface area contributed by atoms with Crippen LogP contribution in [0.1, 0.15) is 61.5 Å². The van der Waals surface area contributed by atoms with Gasteiger partial charge >= 0.3 is 0 Å². The quantitative estimate of drug-likeness (QED) is 0.630. The Morgan fingerprint density at radius 2 is 1.77 bits per heavy atom. The van der Waals surface area contributed by atoms with Crippen LogP contribution in [0.5, 0.6) is 5.75 Å². The van der Waals surface area contributed by atoms with Crippen molar-refractivity contribution < 1.29 is 19.1 Å². The zero-order valence-corrected chi connectivity index (χ0v) is 18.4. The molecule has 0 aromatic heterocycles. The number of methoxy groups -OCH3 is 1. The third-order valence-corrected chi connectivity index (χ3v) is 5.81. The second kappa shape index (κ2) is 10.2. The van der Waals surface area contributed by atoms with Crippen molar-refractivity contribution in [3.8, 4) is 5.75 Å². The molecule has 0 saturated carbocycles. The summed E-state index contributed by atoms with van der Waals surface area (Å²) < 4.78 is 5.27. The van der Waals surface area contributed by atoms with Gasteiger partial charge in [0.1, 0.15) is 5.75 Å². The highest BCUT2D eigenvalue weighted by Crippen LogP contribution is 2.38. The molecule has 0 spiro atoms. The van der Waals surface area contributed by atoms with E-state index in [-0.39, 0.29) is 29.6 Å². The first-order chi connectivity index (χ1) is 14.9. The molecule has 6 heteroatoms. The Bertz CT molecular complexity index is 922. The summed E-state index contributed by atoms with van der Waals surface area (Å²) in [7, 11) is 1.61. The Hall–Kier alpha value is -3.15. The number of unbranched alkanes of at least 4 members (excludes halogenated alkanes) is 1. The molecule has 1 heterocycles. The molecule has 2 atom stereocenters. The van der Waals surface area contributed by atoms with E-state index in [4.69, 9.17) is 4.74 Å². The highest BCUT2D eigenvalue weighted by Gasteiger charge is 2.40. The molecular formula is C25H30N2O4. The van der Waals surface area contributed by atoms with Gasteiger partial charge in [-0.15, -0.1) is 0 Å². The van der Waals surface area contributed by atoms with Gasteiger partial charge in [-0.2, -0.15) is 0 Å². The average Bonchev–Trinajstić information content (AvgIpc) is 2.78. The van der Waals surface area contributed by atoms with Crippen LogP contribution >= 0.6 is 0 Å². The number of nitrogens with zero attached hydrogens (tertiary/aromatic N) is 1. The van der Waals surface area contributed by atoms with Gasteiger partial charge < -0.3 is 15.0 Å². The van der Waals surface area contributed by atoms with Crippen molar-refractivity contribution in [3.63, 3.8) is 0 Å². The maximum atomic E-state index is 13.3. The number of Topliss-reactive ketones (excluding diaryl/α,β-unsaturated/α-hetero) is 1. The maximum Gasteiger partial charge on any atom is 0.229 e. The number of carbonyl (C=O) groups is 3. The molecule has 0 bridgehead atoms. The number of hydrogen-bond donors (Lipinski definition) is 1. The first-order valence-electron chi connectivity index (χ1n) is 10.8. The Balaban J connectivity index is 1.87. The Morgan fingerprint density at radius 1 is 1.10 bits per heavy atom. The number of likely N-dealkylation sites (tertiary alicyclic amines) is 1. The van der Waals surface area contributed by atoms with E-state index in [0.717, 1.165) is 24.2 Å². The van der Waals surface area contributed by atoms with Gasteiger partial charge in [-0.05, 0) is 61.7 Å². The molecule has 0 unspecified atom stereocenters. The minimum absolute atomic E-state index is 0.0187. The van der Waals surface area contributed by atoms with Gasteiger partial charge in [-0.3, -0.25) is 14.4 Å². The van der Waals surface area contributed by atoms with Gasteiger partial charge in [0.15, 0.2) is 5.78 Å². The first kappa shape index (κ1) is 22.5. The molecule has 2 aromatic rings. The molecular weight excluding hydrogens is 392 g/mol. The number of rotatable bonds is 8. The number of ether oxygens (including phenoxy) is 1. The predicted octanol–water partition coefficient (Wildman–Crippen LogP) is 4.62. The Morgan fingerprint density at radius 3 is 2.35 bits per heavy atom. The number of nitrogens with one attached hydrogen (secondary N) is 1. The number of amides is 2. The van der Waals surface area contributed by atoms with Gasteiger partial charge in [0.25, 0.3) is 0 Å². The molecule has 1 saturated heterocycles. The van der Waals surface area contributed by atoms with E-state index in [2.05, 4.69) is 12.2 Å². The highest BCUT2D eigenvalue weighted by atomic mass is 16.5. The highest BCUT2D eigenvalue weighted by molar-refractivity contribution is 5.97. The topological polar surface area (TPSA) is 75.7 Å². The summed E-state index contributed by atoms with van der Waals surface area (Å²) >= 11 is 0. The lowest BCUT2D eigenvalue weighted by Crippen LogP contribution is -2.47. The first-order valence-corrected chi connectivity index (χ1v) is 10.8. The van der Waals surface area contributed by atoms with E-state index in [1.807, 2.05) is 29.2 Å². The summed E-state index contributed by atoms with van der Waals surface area (Å²) in [6.07, 6.45) is 2.71. The van der Waals surface area contributed by atoms with Crippen molar-refractivity contribution in [1.29, 1.82) is 0 Å². The molecule has 164 valence electrons. The number of benzene rings is 2. The SMILES string of the molecule is CCCCN1C(=O)CC[C@H](C(=O)Nc2ccc(C(C)=O)cc2)[C@H]1c1ccc(OC)cc1. The smallest absolute Gasteiger partial charge is 0.229 e. The van der Waals surface area contributed by atoms with Crippen LogP contribution < -0.4 is 10.1 Å². The van der Waals surface area contributed by atoms with E-state index in [1.165, 1.54) is 6.92 Å². The molecule has 3 rings (SSSR count). The van der Waals surface area contributed by atoms with Gasteiger partial charge in [-0.1, -0.05) is 25.5 Å². The van der Waals surface area contributed by atoms with E-state index in [9.17, 15) is 14.4 Å². The summed E-state index contributed by atoms with van der Waals surface area (Å²) in [6, 6.07) is 14.2. The molecule has 1 N–H and O–H groups in total. The largest absolute Gasteiger partial charge is 0.497 e. The van der Waals surface area contributed by atoms with Crippen molar-refractivity contribution in [3.05, 3.63) is 59.7 Å².